The summed E-state index contributed by atoms with van der Waals surface area (Å²) in [5.74, 6) is -1.15. The smallest absolute Gasteiger partial charge is 0.366 e. The van der Waals surface area contributed by atoms with Gasteiger partial charge in [0.25, 0.3) is 5.91 Å². The van der Waals surface area contributed by atoms with Gasteiger partial charge < -0.3 is 11.1 Å². The molecule has 0 aliphatic rings. The lowest BCUT2D eigenvalue weighted by atomic mass is 10.1. The second kappa shape index (κ2) is 7.10. The van der Waals surface area contributed by atoms with Crippen LogP contribution < -0.4 is 11.1 Å². The first-order chi connectivity index (χ1) is 11.9. The van der Waals surface area contributed by atoms with Gasteiger partial charge in [-0.3, -0.25) is 14.3 Å². The van der Waals surface area contributed by atoms with Gasteiger partial charge in [-0.05, 0) is 31.9 Å². The molecular formula is C16H19F3N4O2S. The van der Waals surface area contributed by atoms with Gasteiger partial charge >= 0.3 is 6.18 Å². The summed E-state index contributed by atoms with van der Waals surface area (Å²) in [5.41, 5.74) is 4.65. The molecule has 1 atom stereocenters. The third-order valence-electron chi connectivity index (χ3n) is 3.78. The minimum Gasteiger partial charge on any atom is -0.366 e. The Balaban J connectivity index is 2.28. The highest BCUT2D eigenvalue weighted by molar-refractivity contribution is 7.16. The van der Waals surface area contributed by atoms with Crippen LogP contribution in [-0.2, 0) is 11.0 Å². The van der Waals surface area contributed by atoms with Crippen molar-refractivity contribution in [3.05, 3.63) is 34.0 Å². The van der Waals surface area contributed by atoms with Gasteiger partial charge in [0.05, 0.1) is 5.56 Å². The molecule has 2 aromatic rings. The highest BCUT2D eigenvalue weighted by Crippen LogP contribution is 2.33. The number of nitrogens with two attached hydrogens (primary N) is 1. The zero-order valence-electron chi connectivity index (χ0n) is 14.6. The Labute approximate surface area is 152 Å². The first-order valence-corrected chi connectivity index (χ1v) is 8.61. The number of halogens is 3. The zero-order valence-corrected chi connectivity index (χ0v) is 15.5. The summed E-state index contributed by atoms with van der Waals surface area (Å²) >= 11 is 1.21. The SMILES string of the molecule is Cc1cc(C(F)(F)F)nn1C(C)C(=O)Nc1sc(C(C)C)cc1C(N)=O. The lowest BCUT2D eigenvalue weighted by Gasteiger charge is -2.14. The molecule has 2 rings (SSSR count). The van der Waals surface area contributed by atoms with Crippen LogP contribution >= 0.6 is 11.3 Å². The number of anilines is 1. The summed E-state index contributed by atoms with van der Waals surface area (Å²) in [7, 11) is 0. The molecule has 2 heterocycles. The van der Waals surface area contributed by atoms with E-state index in [1.54, 1.807) is 6.07 Å². The van der Waals surface area contributed by atoms with Gasteiger partial charge in [-0.1, -0.05) is 13.8 Å². The molecule has 0 radical (unpaired) electrons. The molecule has 0 saturated carbocycles. The second-order valence-corrected chi connectivity index (χ2v) is 7.27. The standard InChI is InChI=1S/C16H19F3N4O2S/c1-7(2)11-6-10(13(20)24)15(26-11)21-14(25)9(4)23-8(3)5-12(22-23)16(17,18)19/h5-7,9H,1-4H3,(H2,20,24)(H,21,25). The van der Waals surface area contributed by atoms with Crippen LogP contribution in [0, 0.1) is 6.92 Å². The number of hydrogen-bond donors (Lipinski definition) is 2. The van der Waals surface area contributed by atoms with Crippen molar-refractivity contribution < 1.29 is 22.8 Å². The first-order valence-electron chi connectivity index (χ1n) is 7.79. The average molecular weight is 388 g/mol. The number of hydrogen-bond acceptors (Lipinski definition) is 4. The predicted molar refractivity (Wildman–Crippen MR) is 92.2 cm³/mol. The Morgan fingerprint density at radius 2 is 1.88 bits per heavy atom. The second-order valence-electron chi connectivity index (χ2n) is 6.19. The van der Waals surface area contributed by atoms with Crippen molar-refractivity contribution in [3.63, 3.8) is 0 Å². The van der Waals surface area contributed by atoms with Crippen molar-refractivity contribution in [2.45, 2.75) is 45.8 Å². The summed E-state index contributed by atoms with van der Waals surface area (Å²) in [5, 5.41) is 6.33. The molecule has 0 spiro atoms. The van der Waals surface area contributed by atoms with Crippen LogP contribution in [0.4, 0.5) is 18.2 Å². The lowest BCUT2D eigenvalue weighted by Crippen LogP contribution is -2.26. The Hall–Kier alpha value is -2.36. The third-order valence-corrected chi connectivity index (χ3v) is 5.13. The number of amides is 2. The number of nitrogens with zero attached hydrogens (tertiary/aromatic N) is 2. The Morgan fingerprint density at radius 1 is 1.27 bits per heavy atom. The van der Waals surface area contributed by atoms with Gasteiger partial charge in [0.1, 0.15) is 11.0 Å². The molecule has 2 amide bonds. The van der Waals surface area contributed by atoms with E-state index in [0.29, 0.717) is 0 Å². The quantitative estimate of drug-likeness (QED) is 0.818. The molecule has 1 unspecified atom stereocenters. The van der Waals surface area contributed by atoms with Gasteiger partial charge in [-0.15, -0.1) is 11.3 Å². The summed E-state index contributed by atoms with van der Waals surface area (Å²) in [4.78, 5) is 24.9. The zero-order chi connectivity index (χ0) is 19.8. The van der Waals surface area contributed by atoms with Crippen LogP contribution in [0.5, 0.6) is 0 Å². The van der Waals surface area contributed by atoms with E-state index in [9.17, 15) is 22.8 Å². The number of alkyl halides is 3. The lowest BCUT2D eigenvalue weighted by molar-refractivity contribution is -0.141. The van der Waals surface area contributed by atoms with Crippen LogP contribution in [0.3, 0.4) is 0 Å². The predicted octanol–water partition coefficient (Wildman–Crippen LogP) is 3.69. The molecule has 0 bridgehead atoms. The normalized spacial score (nSPS) is 13.1. The molecule has 26 heavy (non-hydrogen) atoms. The number of carbonyl (C=O) groups is 2. The molecule has 142 valence electrons. The van der Waals surface area contributed by atoms with Crippen molar-refractivity contribution in [3.8, 4) is 0 Å². The molecular weight excluding hydrogens is 369 g/mol. The maximum atomic E-state index is 12.8. The molecule has 10 heteroatoms. The number of thiophene rings is 1. The summed E-state index contributed by atoms with van der Waals surface area (Å²) in [6, 6.07) is 1.48. The minimum atomic E-state index is -4.59. The van der Waals surface area contributed by atoms with E-state index >= 15 is 0 Å². The van der Waals surface area contributed by atoms with Gasteiger partial charge in [0, 0.05) is 10.6 Å². The monoisotopic (exact) mass is 388 g/mol. The van der Waals surface area contributed by atoms with Crippen LogP contribution in [0.15, 0.2) is 12.1 Å². The van der Waals surface area contributed by atoms with Crippen molar-refractivity contribution in [1.82, 2.24) is 9.78 Å². The van der Waals surface area contributed by atoms with E-state index in [1.165, 1.54) is 25.2 Å². The average Bonchev–Trinajstić information content (AvgIpc) is 3.10. The fourth-order valence-corrected chi connectivity index (χ4v) is 3.39. The number of rotatable bonds is 5. The molecule has 0 aliphatic carbocycles. The van der Waals surface area contributed by atoms with Crippen LogP contribution in [0.1, 0.15) is 59.4 Å². The summed E-state index contributed by atoms with van der Waals surface area (Å²) in [6.45, 7) is 6.71. The highest BCUT2D eigenvalue weighted by atomic mass is 32.1. The number of carbonyl (C=O) groups excluding carboxylic acids is 2. The number of nitrogens with one attached hydrogen (secondary N) is 1. The maximum absolute atomic E-state index is 12.8. The fraction of sp³-hybridized carbons (Fsp3) is 0.438. The van der Waals surface area contributed by atoms with E-state index < -0.39 is 29.7 Å². The van der Waals surface area contributed by atoms with Crippen molar-refractivity contribution in [2.24, 2.45) is 5.73 Å². The largest absolute Gasteiger partial charge is 0.435 e. The van der Waals surface area contributed by atoms with Gasteiger partial charge in [-0.2, -0.15) is 18.3 Å². The van der Waals surface area contributed by atoms with E-state index in [-0.39, 0.29) is 22.2 Å². The molecule has 0 saturated heterocycles. The number of aromatic nitrogens is 2. The molecule has 0 aromatic carbocycles. The topological polar surface area (TPSA) is 90.0 Å². The fourth-order valence-electron chi connectivity index (χ4n) is 2.32. The molecule has 0 aliphatic heterocycles. The van der Waals surface area contributed by atoms with E-state index in [4.69, 9.17) is 5.73 Å². The van der Waals surface area contributed by atoms with E-state index in [0.717, 1.165) is 15.6 Å². The van der Waals surface area contributed by atoms with Crippen molar-refractivity contribution in [1.29, 1.82) is 0 Å². The van der Waals surface area contributed by atoms with Crippen LogP contribution in [0.25, 0.3) is 0 Å². The van der Waals surface area contributed by atoms with Crippen molar-refractivity contribution >= 4 is 28.2 Å². The van der Waals surface area contributed by atoms with E-state index in [1.807, 2.05) is 13.8 Å². The number of primary amides is 1. The van der Waals surface area contributed by atoms with Gasteiger partial charge in [0.15, 0.2) is 5.69 Å². The highest BCUT2D eigenvalue weighted by Gasteiger charge is 2.35. The Morgan fingerprint density at radius 3 is 2.35 bits per heavy atom. The molecule has 6 nitrogen and oxygen atoms in total. The summed E-state index contributed by atoms with van der Waals surface area (Å²) in [6.07, 6.45) is -4.59. The van der Waals surface area contributed by atoms with Gasteiger partial charge in [0.2, 0.25) is 5.91 Å². The Bertz CT molecular complexity index is 839. The molecule has 3 N–H and O–H groups in total. The first kappa shape index (κ1) is 20.0. The van der Waals surface area contributed by atoms with Crippen LogP contribution in [-0.4, -0.2) is 21.6 Å². The molecule has 0 fully saturated rings. The van der Waals surface area contributed by atoms with Crippen molar-refractivity contribution in [2.75, 3.05) is 5.32 Å². The summed E-state index contributed by atoms with van der Waals surface area (Å²) < 4.78 is 39.4. The minimum absolute atomic E-state index is 0.129. The third kappa shape index (κ3) is 4.06. The van der Waals surface area contributed by atoms with Gasteiger partial charge in [-0.25, -0.2) is 0 Å². The maximum Gasteiger partial charge on any atom is 0.435 e. The molecule has 2 aromatic heterocycles. The van der Waals surface area contributed by atoms with Crippen LogP contribution in [0.2, 0.25) is 0 Å². The van der Waals surface area contributed by atoms with E-state index in [2.05, 4.69) is 10.4 Å². The Kier molecular flexibility index (Phi) is 5.45. The number of aryl methyl sites for hydroxylation is 1.